The summed E-state index contributed by atoms with van der Waals surface area (Å²) in [7, 11) is 1.56. The molecule has 0 spiro atoms. The SMILES string of the molecule is CNC(=O)c1ccccc1NC(=O)CCCOc1ccccc1. The first-order valence-corrected chi connectivity index (χ1v) is 7.49. The molecule has 23 heavy (non-hydrogen) atoms. The van der Waals surface area contributed by atoms with Gasteiger partial charge in [0.25, 0.3) is 5.91 Å². The molecule has 0 fully saturated rings. The average Bonchev–Trinajstić information content (AvgIpc) is 2.59. The fourth-order valence-electron chi connectivity index (χ4n) is 2.08. The number of hydrogen-bond donors (Lipinski definition) is 2. The third-order valence-electron chi connectivity index (χ3n) is 3.23. The molecule has 5 heteroatoms. The summed E-state index contributed by atoms with van der Waals surface area (Å²) >= 11 is 0. The molecule has 0 aromatic heterocycles. The fourth-order valence-corrected chi connectivity index (χ4v) is 2.08. The standard InChI is InChI=1S/C18H20N2O3/c1-19-18(22)15-10-5-6-11-16(15)20-17(21)12-7-13-23-14-8-3-2-4-9-14/h2-6,8-11H,7,12-13H2,1H3,(H,19,22)(H,20,21). The van der Waals surface area contributed by atoms with Crippen molar-refractivity contribution in [3.63, 3.8) is 0 Å². The number of carbonyl (C=O) groups excluding carboxylic acids is 2. The van der Waals surface area contributed by atoms with Gasteiger partial charge in [0.1, 0.15) is 5.75 Å². The maximum Gasteiger partial charge on any atom is 0.253 e. The molecular formula is C18H20N2O3. The second kappa shape index (κ2) is 8.58. The molecule has 0 aliphatic carbocycles. The predicted molar refractivity (Wildman–Crippen MR) is 89.6 cm³/mol. The van der Waals surface area contributed by atoms with E-state index in [1.54, 1.807) is 31.3 Å². The molecule has 2 N–H and O–H groups in total. The van der Waals surface area contributed by atoms with Crippen molar-refractivity contribution >= 4 is 17.5 Å². The molecular weight excluding hydrogens is 292 g/mol. The average molecular weight is 312 g/mol. The van der Waals surface area contributed by atoms with Crippen molar-refractivity contribution < 1.29 is 14.3 Å². The van der Waals surface area contributed by atoms with Gasteiger partial charge in [-0.25, -0.2) is 0 Å². The van der Waals surface area contributed by atoms with E-state index in [9.17, 15) is 9.59 Å². The number of anilines is 1. The molecule has 0 aliphatic rings. The lowest BCUT2D eigenvalue weighted by Crippen LogP contribution is -2.21. The second-order valence-corrected chi connectivity index (χ2v) is 4.94. The van der Waals surface area contributed by atoms with E-state index < -0.39 is 0 Å². The zero-order valence-corrected chi connectivity index (χ0v) is 13.0. The van der Waals surface area contributed by atoms with Crippen LogP contribution in [0.4, 0.5) is 5.69 Å². The Morgan fingerprint density at radius 2 is 1.70 bits per heavy atom. The van der Waals surface area contributed by atoms with Crippen LogP contribution in [0.25, 0.3) is 0 Å². The molecule has 0 bridgehead atoms. The van der Waals surface area contributed by atoms with E-state index in [-0.39, 0.29) is 11.8 Å². The molecule has 0 radical (unpaired) electrons. The van der Waals surface area contributed by atoms with Crippen molar-refractivity contribution in [3.05, 3.63) is 60.2 Å². The van der Waals surface area contributed by atoms with Crippen molar-refractivity contribution in [3.8, 4) is 5.75 Å². The Morgan fingerprint density at radius 3 is 2.43 bits per heavy atom. The zero-order chi connectivity index (χ0) is 16.5. The summed E-state index contributed by atoms with van der Waals surface area (Å²) in [6.07, 6.45) is 0.928. The van der Waals surface area contributed by atoms with Crippen LogP contribution in [0, 0.1) is 0 Å². The highest BCUT2D eigenvalue weighted by molar-refractivity contribution is 6.03. The van der Waals surface area contributed by atoms with E-state index in [0.717, 1.165) is 5.75 Å². The van der Waals surface area contributed by atoms with Crippen LogP contribution in [0.2, 0.25) is 0 Å². The number of ether oxygens (including phenoxy) is 1. The maximum atomic E-state index is 12.0. The summed E-state index contributed by atoms with van der Waals surface area (Å²) in [5, 5.41) is 5.32. The van der Waals surface area contributed by atoms with Gasteiger partial charge in [0, 0.05) is 13.5 Å². The van der Waals surface area contributed by atoms with E-state index in [1.807, 2.05) is 30.3 Å². The van der Waals surface area contributed by atoms with Gasteiger partial charge < -0.3 is 15.4 Å². The van der Waals surface area contributed by atoms with Gasteiger partial charge in [-0.2, -0.15) is 0 Å². The quantitative estimate of drug-likeness (QED) is 0.773. The number of hydrogen-bond acceptors (Lipinski definition) is 3. The Hall–Kier alpha value is -2.82. The molecule has 0 aliphatic heterocycles. The van der Waals surface area contributed by atoms with Crippen LogP contribution >= 0.6 is 0 Å². The minimum Gasteiger partial charge on any atom is -0.494 e. The third-order valence-corrected chi connectivity index (χ3v) is 3.23. The van der Waals surface area contributed by atoms with Crippen molar-refractivity contribution in [1.82, 2.24) is 5.32 Å². The summed E-state index contributed by atoms with van der Waals surface area (Å²) in [6.45, 7) is 0.467. The monoisotopic (exact) mass is 312 g/mol. The second-order valence-electron chi connectivity index (χ2n) is 4.94. The van der Waals surface area contributed by atoms with Crippen LogP contribution < -0.4 is 15.4 Å². The van der Waals surface area contributed by atoms with Gasteiger partial charge in [0.15, 0.2) is 0 Å². The van der Waals surface area contributed by atoms with E-state index in [4.69, 9.17) is 4.74 Å². The molecule has 5 nitrogen and oxygen atoms in total. The lowest BCUT2D eigenvalue weighted by atomic mass is 10.1. The van der Waals surface area contributed by atoms with Crippen molar-refractivity contribution in [1.29, 1.82) is 0 Å². The zero-order valence-electron chi connectivity index (χ0n) is 13.0. The molecule has 2 amide bonds. The van der Waals surface area contributed by atoms with Crippen LogP contribution in [-0.2, 0) is 4.79 Å². The molecule has 0 unspecified atom stereocenters. The number of benzene rings is 2. The summed E-state index contributed by atoms with van der Waals surface area (Å²) in [6, 6.07) is 16.4. The molecule has 2 aromatic rings. The van der Waals surface area contributed by atoms with Crippen molar-refractivity contribution in [2.75, 3.05) is 19.0 Å². The number of amides is 2. The Morgan fingerprint density at radius 1 is 1.00 bits per heavy atom. The lowest BCUT2D eigenvalue weighted by Gasteiger charge is -2.10. The highest BCUT2D eigenvalue weighted by atomic mass is 16.5. The van der Waals surface area contributed by atoms with Crippen LogP contribution in [0.1, 0.15) is 23.2 Å². The van der Waals surface area contributed by atoms with Gasteiger partial charge >= 0.3 is 0 Å². The molecule has 0 atom stereocenters. The number of nitrogens with one attached hydrogen (secondary N) is 2. The molecule has 120 valence electrons. The van der Waals surface area contributed by atoms with E-state index in [0.29, 0.717) is 30.7 Å². The topological polar surface area (TPSA) is 67.4 Å². The van der Waals surface area contributed by atoms with Gasteiger partial charge in [-0.15, -0.1) is 0 Å². The smallest absolute Gasteiger partial charge is 0.253 e. The van der Waals surface area contributed by atoms with Crippen LogP contribution in [0.15, 0.2) is 54.6 Å². The van der Waals surface area contributed by atoms with Crippen LogP contribution in [0.5, 0.6) is 5.75 Å². The molecule has 2 rings (SSSR count). The van der Waals surface area contributed by atoms with E-state index in [2.05, 4.69) is 10.6 Å². The van der Waals surface area contributed by atoms with Gasteiger partial charge in [-0.1, -0.05) is 30.3 Å². The number of rotatable bonds is 7. The lowest BCUT2D eigenvalue weighted by molar-refractivity contribution is -0.116. The predicted octanol–water partition coefficient (Wildman–Crippen LogP) is 2.84. The molecule has 0 saturated heterocycles. The third kappa shape index (κ3) is 5.14. The van der Waals surface area contributed by atoms with E-state index >= 15 is 0 Å². The highest BCUT2D eigenvalue weighted by Gasteiger charge is 2.11. The van der Waals surface area contributed by atoms with Crippen LogP contribution in [0.3, 0.4) is 0 Å². The summed E-state index contributed by atoms with van der Waals surface area (Å²) < 4.78 is 5.54. The van der Waals surface area contributed by atoms with Crippen molar-refractivity contribution in [2.24, 2.45) is 0 Å². The largest absolute Gasteiger partial charge is 0.494 e. The number of para-hydroxylation sites is 2. The highest BCUT2D eigenvalue weighted by Crippen LogP contribution is 2.15. The normalized spacial score (nSPS) is 9.96. The van der Waals surface area contributed by atoms with E-state index in [1.165, 1.54) is 0 Å². The summed E-state index contributed by atoms with van der Waals surface area (Å²) in [4.78, 5) is 23.7. The van der Waals surface area contributed by atoms with Gasteiger partial charge in [0.05, 0.1) is 17.9 Å². The Labute approximate surface area is 135 Å². The van der Waals surface area contributed by atoms with Gasteiger partial charge in [-0.05, 0) is 30.7 Å². The minimum absolute atomic E-state index is 0.141. The minimum atomic E-state index is -0.228. The molecule has 0 heterocycles. The first-order chi connectivity index (χ1) is 11.2. The fraction of sp³-hybridized carbons (Fsp3) is 0.222. The molecule has 0 saturated carbocycles. The van der Waals surface area contributed by atoms with Gasteiger partial charge in [-0.3, -0.25) is 9.59 Å². The Balaban J connectivity index is 1.80. The van der Waals surface area contributed by atoms with Crippen LogP contribution in [-0.4, -0.2) is 25.5 Å². The maximum absolute atomic E-state index is 12.0. The summed E-state index contributed by atoms with van der Waals surface area (Å²) in [5.41, 5.74) is 0.963. The Kier molecular flexibility index (Phi) is 6.17. The summed E-state index contributed by atoms with van der Waals surface area (Å²) in [5.74, 6) is 0.421. The van der Waals surface area contributed by atoms with Gasteiger partial charge in [0.2, 0.25) is 5.91 Å². The first kappa shape index (κ1) is 16.5. The van der Waals surface area contributed by atoms with Crippen molar-refractivity contribution in [2.45, 2.75) is 12.8 Å². The Bertz CT molecular complexity index is 656. The molecule has 2 aromatic carbocycles. The first-order valence-electron chi connectivity index (χ1n) is 7.49. The number of carbonyl (C=O) groups is 2.